The fourth-order valence-electron chi connectivity index (χ4n) is 9.93. The van der Waals surface area contributed by atoms with Gasteiger partial charge in [-0.3, -0.25) is 0 Å². The van der Waals surface area contributed by atoms with Gasteiger partial charge in [0, 0.05) is 23.2 Å². The summed E-state index contributed by atoms with van der Waals surface area (Å²) in [6, 6.07) is 59.7. The van der Waals surface area contributed by atoms with E-state index in [0.717, 1.165) is 22.5 Å². The summed E-state index contributed by atoms with van der Waals surface area (Å²) in [4.78, 5) is 9.53. The molecule has 0 saturated carbocycles. The number of hydrogen-bond donors (Lipinski definition) is 0. The Labute approximate surface area is 324 Å². The van der Waals surface area contributed by atoms with E-state index in [1.807, 2.05) is 12.4 Å². The predicted molar refractivity (Wildman–Crippen MR) is 208 cm³/mol. The maximum atomic E-state index is 4.76. The number of fused-ring (bicyclic) bond motifs is 20. The van der Waals surface area contributed by atoms with Crippen molar-refractivity contribution in [2.45, 2.75) is 24.7 Å². The third kappa shape index (κ3) is 4.02. The fourth-order valence-corrected chi connectivity index (χ4v) is 9.93. The molecule has 0 aliphatic heterocycles. The van der Waals surface area contributed by atoms with Gasteiger partial charge >= 0.3 is 21.1 Å². The van der Waals surface area contributed by atoms with E-state index >= 15 is 0 Å². The van der Waals surface area contributed by atoms with E-state index in [1.54, 1.807) is 0 Å². The van der Waals surface area contributed by atoms with E-state index in [9.17, 15) is 0 Å². The minimum Gasteiger partial charge on any atom is -0.304 e. The van der Waals surface area contributed by atoms with Crippen LogP contribution in [0.5, 0.6) is 0 Å². The molecule has 0 unspecified atom stereocenters. The first kappa shape index (κ1) is 32.0. The topological polar surface area (TPSA) is 25.8 Å². The van der Waals surface area contributed by atoms with Crippen molar-refractivity contribution in [3.63, 3.8) is 0 Å². The van der Waals surface area contributed by atoms with Gasteiger partial charge in [0.15, 0.2) is 0 Å². The number of nitrogens with zero attached hydrogens (tertiary/aromatic N) is 2. The van der Waals surface area contributed by atoms with Crippen LogP contribution in [0.3, 0.4) is 0 Å². The second-order valence-corrected chi connectivity index (χ2v) is 14.4. The second kappa shape index (κ2) is 11.7. The van der Waals surface area contributed by atoms with Crippen molar-refractivity contribution in [1.82, 2.24) is 9.97 Å². The first-order valence-electron chi connectivity index (χ1n) is 18.0. The van der Waals surface area contributed by atoms with Crippen LogP contribution in [0, 0.1) is 26.0 Å². The molecule has 4 aliphatic carbocycles. The van der Waals surface area contributed by atoms with Crippen LogP contribution in [-0.4, -0.2) is 9.97 Å². The average Bonchev–Trinajstić information content (AvgIpc) is 3.87. The zero-order valence-corrected chi connectivity index (χ0v) is 31.5. The molecule has 2 nitrogen and oxygen atoms in total. The molecule has 0 saturated heterocycles. The monoisotopic (exact) mass is 855 g/mol. The van der Waals surface area contributed by atoms with Gasteiger partial charge in [-0.2, -0.15) is 0 Å². The smallest absolute Gasteiger partial charge is 0.304 e. The van der Waals surface area contributed by atoms with Crippen LogP contribution in [0.4, 0.5) is 0 Å². The molecule has 2 aromatic heterocycles. The summed E-state index contributed by atoms with van der Waals surface area (Å²) in [6.45, 7) is 4.29. The van der Waals surface area contributed by atoms with Crippen molar-refractivity contribution in [2.24, 2.45) is 0 Å². The zero-order chi connectivity index (χ0) is 34.6. The molecular weight excluding hydrogens is 824 g/mol. The predicted octanol–water partition coefficient (Wildman–Crippen LogP) is 11.1. The van der Waals surface area contributed by atoms with Crippen LogP contribution in [0.1, 0.15) is 55.6 Å². The van der Waals surface area contributed by atoms with Crippen molar-refractivity contribution < 1.29 is 21.1 Å². The molecule has 3 heteroatoms. The molecule has 2 heterocycles. The largest absolute Gasteiger partial charge is 2.00 e. The molecule has 4 aliphatic rings. The maximum Gasteiger partial charge on any atom is 2.00 e. The number of aromatic nitrogens is 2. The Bertz CT molecular complexity index is 2480. The molecule has 0 amide bonds. The molecule has 2 spiro atoms. The Morgan fingerprint density at radius 2 is 0.717 bits per heavy atom. The van der Waals surface area contributed by atoms with Gasteiger partial charge in [-0.25, -0.2) is 0 Å². The van der Waals surface area contributed by atoms with Crippen molar-refractivity contribution in [2.75, 3.05) is 0 Å². The normalized spacial score (nSPS) is 14.4. The Balaban J connectivity index is 0.000000129. The average molecular weight is 856 g/mol. The van der Waals surface area contributed by atoms with E-state index < -0.39 is 0 Å². The number of hydrogen-bond acceptors (Lipinski definition) is 2. The molecule has 0 bridgehead atoms. The summed E-state index contributed by atoms with van der Waals surface area (Å²) in [7, 11) is 0. The van der Waals surface area contributed by atoms with Crippen molar-refractivity contribution >= 4 is 0 Å². The summed E-state index contributed by atoms with van der Waals surface area (Å²) in [5.74, 6) is 0. The maximum absolute atomic E-state index is 4.76. The van der Waals surface area contributed by atoms with Gasteiger partial charge in [0.1, 0.15) is 0 Å². The summed E-state index contributed by atoms with van der Waals surface area (Å²) in [5.41, 5.74) is 22.2. The van der Waals surface area contributed by atoms with E-state index in [1.165, 1.54) is 77.9 Å². The SMILES string of the molecule is Cc1c[c-]c2c(c1)C1(c3ccccc3-c3ccccc31)c1cccnc1-2.Cc1c[c-]c2c(c1)C1(c3ccccc3-c3ccccc31)c1cccnc1-2.[Pt+2]. The Kier molecular flexibility index (Phi) is 7.04. The molecule has 252 valence electrons. The first-order chi connectivity index (χ1) is 25.6. The summed E-state index contributed by atoms with van der Waals surface area (Å²) in [5, 5.41) is 0. The number of benzene rings is 6. The minimum absolute atomic E-state index is 0. The summed E-state index contributed by atoms with van der Waals surface area (Å²) >= 11 is 0. The number of rotatable bonds is 0. The third-order valence-electron chi connectivity index (χ3n) is 11.8. The van der Waals surface area contributed by atoms with E-state index in [4.69, 9.17) is 9.97 Å². The van der Waals surface area contributed by atoms with Gasteiger partial charge in [0.05, 0.1) is 0 Å². The zero-order valence-electron chi connectivity index (χ0n) is 29.2. The van der Waals surface area contributed by atoms with Crippen LogP contribution in [-0.2, 0) is 31.9 Å². The molecule has 6 aromatic carbocycles. The third-order valence-corrected chi connectivity index (χ3v) is 11.8. The molecule has 53 heavy (non-hydrogen) atoms. The molecule has 0 atom stereocenters. The Hall–Kier alpha value is -5.69. The second-order valence-electron chi connectivity index (χ2n) is 14.4. The van der Waals surface area contributed by atoms with E-state index in [2.05, 4.69) is 172 Å². The molecule has 12 rings (SSSR count). The van der Waals surface area contributed by atoms with Crippen LogP contribution in [0.15, 0.2) is 158 Å². The van der Waals surface area contributed by atoms with Gasteiger partial charge in [-0.05, 0) is 68.0 Å². The number of pyridine rings is 2. The van der Waals surface area contributed by atoms with Crippen molar-refractivity contribution in [3.8, 4) is 44.8 Å². The van der Waals surface area contributed by atoms with E-state index in [-0.39, 0.29) is 31.9 Å². The van der Waals surface area contributed by atoms with Gasteiger partial charge in [-0.1, -0.05) is 134 Å². The summed E-state index contributed by atoms with van der Waals surface area (Å²) in [6.07, 6.45) is 3.78. The van der Waals surface area contributed by atoms with Crippen LogP contribution < -0.4 is 0 Å². The molecule has 0 fully saturated rings. The number of aryl methyl sites for hydroxylation is 2. The van der Waals surface area contributed by atoms with Gasteiger partial charge in [-0.15, -0.1) is 69.8 Å². The van der Waals surface area contributed by atoms with Gasteiger partial charge < -0.3 is 9.97 Å². The molecule has 0 radical (unpaired) electrons. The minimum atomic E-state index is -0.283. The standard InChI is InChI=1S/2C25H16N.Pt/c2*1-16-12-13-19-23(15-16)25(22-11-6-14-26-24(19)22)20-9-4-2-7-17(20)18-8-3-5-10-21(18)25;/h2*2-12,14-15H,1H3;/q2*-1;+2. The Morgan fingerprint density at radius 1 is 0.396 bits per heavy atom. The van der Waals surface area contributed by atoms with Crippen LogP contribution in [0.25, 0.3) is 44.8 Å². The van der Waals surface area contributed by atoms with E-state index in [0.29, 0.717) is 0 Å². The Morgan fingerprint density at radius 3 is 1.08 bits per heavy atom. The quantitative estimate of drug-likeness (QED) is 0.142. The summed E-state index contributed by atoms with van der Waals surface area (Å²) < 4.78 is 0. The van der Waals surface area contributed by atoms with Crippen molar-refractivity contribution in [1.29, 1.82) is 0 Å². The van der Waals surface area contributed by atoms with Gasteiger partial charge in [0.2, 0.25) is 0 Å². The molecular formula is C50H32N2Pt. The van der Waals surface area contributed by atoms with Crippen LogP contribution >= 0.6 is 0 Å². The molecule has 8 aromatic rings. The fraction of sp³-hybridized carbons (Fsp3) is 0.0800. The van der Waals surface area contributed by atoms with Crippen LogP contribution in [0.2, 0.25) is 0 Å². The van der Waals surface area contributed by atoms with Crippen molar-refractivity contribution in [3.05, 3.63) is 226 Å². The molecule has 0 N–H and O–H groups in total. The first-order valence-corrected chi connectivity index (χ1v) is 18.0. The van der Waals surface area contributed by atoms with Gasteiger partial charge in [0.25, 0.3) is 0 Å².